The topological polar surface area (TPSA) is 149 Å². The van der Waals surface area contributed by atoms with Gasteiger partial charge in [-0.3, -0.25) is 13.8 Å². The molecule has 0 saturated heterocycles. The molecule has 1 unspecified atom stereocenters. The highest BCUT2D eigenvalue weighted by Gasteiger charge is 2.18. The average Bonchev–Trinajstić information content (AvgIpc) is 2.88. The molecule has 0 aliphatic rings. The van der Waals surface area contributed by atoms with Gasteiger partial charge in [0, 0.05) is 28.3 Å². The molecule has 0 fully saturated rings. The third-order valence-corrected chi connectivity index (χ3v) is 6.04. The van der Waals surface area contributed by atoms with Crippen LogP contribution in [0.5, 0.6) is 11.5 Å². The van der Waals surface area contributed by atoms with E-state index in [2.05, 4.69) is 5.32 Å². The zero-order valence-electron chi connectivity index (χ0n) is 19.8. The number of rotatable bonds is 8. The van der Waals surface area contributed by atoms with Crippen molar-refractivity contribution in [3.63, 3.8) is 0 Å². The maximum Gasteiger partial charge on any atom is 0.426 e. The molecule has 0 aliphatic heterocycles. The van der Waals surface area contributed by atoms with E-state index in [1.807, 2.05) is 6.07 Å². The SMILES string of the molecule is Cc1cc(OC(=O)N(C)S(=O)[O-])ccc1NC(=O)COc1ccc(Cl)cc1C(=O)c1cc(Cl)cc(C#N)c1. The number of anilines is 1. The minimum Gasteiger partial charge on any atom is -0.755 e. The summed E-state index contributed by atoms with van der Waals surface area (Å²) in [5.41, 5.74) is 1.33. The summed E-state index contributed by atoms with van der Waals surface area (Å²) in [5, 5.41) is 12.3. The Kier molecular flexibility index (Phi) is 9.44. The second-order valence-corrected chi connectivity index (χ2v) is 9.56. The molecular formula is C25H18Cl2N3O7S-. The first kappa shape index (κ1) is 28.6. The molecular weight excluding hydrogens is 557 g/mol. The Balaban J connectivity index is 1.70. The number of nitriles is 1. The van der Waals surface area contributed by atoms with Crippen LogP contribution in [0.4, 0.5) is 10.5 Å². The lowest BCUT2D eigenvalue weighted by Gasteiger charge is -2.18. The molecule has 0 bridgehead atoms. The van der Waals surface area contributed by atoms with Gasteiger partial charge in [0.15, 0.2) is 12.4 Å². The zero-order chi connectivity index (χ0) is 28.0. The van der Waals surface area contributed by atoms with Crippen molar-refractivity contribution in [3.05, 3.63) is 86.9 Å². The molecule has 38 heavy (non-hydrogen) atoms. The van der Waals surface area contributed by atoms with Crippen LogP contribution in [0.1, 0.15) is 27.0 Å². The molecule has 10 nitrogen and oxygen atoms in total. The fraction of sp³-hybridized carbons (Fsp3) is 0.120. The van der Waals surface area contributed by atoms with Gasteiger partial charge in [-0.15, -0.1) is 0 Å². The van der Waals surface area contributed by atoms with Crippen molar-refractivity contribution in [1.29, 1.82) is 5.26 Å². The maximum absolute atomic E-state index is 13.1. The number of benzene rings is 3. The monoisotopic (exact) mass is 574 g/mol. The molecule has 3 aromatic rings. The second-order valence-electron chi connectivity index (χ2n) is 7.71. The van der Waals surface area contributed by atoms with Gasteiger partial charge >= 0.3 is 6.09 Å². The number of carbonyl (C=O) groups excluding carboxylic acids is 3. The Morgan fingerprint density at radius 2 is 1.82 bits per heavy atom. The summed E-state index contributed by atoms with van der Waals surface area (Å²) in [6.45, 7) is 1.18. The molecule has 1 atom stereocenters. The number of ether oxygens (including phenoxy) is 2. The first-order valence-corrected chi connectivity index (χ1v) is 12.4. The van der Waals surface area contributed by atoms with Crippen LogP contribution >= 0.6 is 23.2 Å². The summed E-state index contributed by atoms with van der Waals surface area (Å²) in [4.78, 5) is 37.4. The summed E-state index contributed by atoms with van der Waals surface area (Å²) in [6, 6.07) is 14.7. The number of hydrogen-bond acceptors (Lipinski definition) is 8. The minimum atomic E-state index is -2.78. The highest BCUT2D eigenvalue weighted by Crippen LogP contribution is 2.27. The molecule has 3 aromatic carbocycles. The molecule has 13 heteroatoms. The minimum absolute atomic E-state index is 0.0720. The van der Waals surface area contributed by atoms with E-state index >= 15 is 0 Å². The molecule has 0 aromatic heterocycles. The van der Waals surface area contributed by atoms with Crippen LogP contribution < -0.4 is 14.8 Å². The Morgan fingerprint density at radius 1 is 1.08 bits per heavy atom. The third-order valence-electron chi connectivity index (χ3n) is 4.99. The number of ketones is 1. The van der Waals surface area contributed by atoms with Gasteiger partial charge in [0.25, 0.3) is 5.91 Å². The molecule has 0 radical (unpaired) electrons. The van der Waals surface area contributed by atoms with Crippen molar-refractivity contribution in [2.75, 3.05) is 19.0 Å². The smallest absolute Gasteiger partial charge is 0.426 e. The van der Waals surface area contributed by atoms with Gasteiger partial charge in [0.05, 0.1) is 28.5 Å². The standard InChI is InChI=1S/C25H19Cl2N3O7S/c1-14-7-19(37-25(33)30(2)38(34)35)4-5-21(14)29-23(31)13-36-22-6-3-17(26)11-20(22)24(32)16-8-15(12-28)9-18(27)10-16/h3-11H,13H2,1-2H3,(H,29,31)(H,34,35)/p-1. The molecule has 2 amide bonds. The number of aryl methyl sites for hydroxylation is 1. The Morgan fingerprint density at radius 3 is 2.47 bits per heavy atom. The third kappa shape index (κ3) is 7.30. The van der Waals surface area contributed by atoms with Crippen LogP contribution in [0.25, 0.3) is 0 Å². The lowest BCUT2D eigenvalue weighted by atomic mass is 10.0. The molecule has 0 spiro atoms. The number of carbonyl (C=O) groups is 3. The summed E-state index contributed by atoms with van der Waals surface area (Å²) < 4.78 is 32.6. The van der Waals surface area contributed by atoms with Gasteiger partial charge in [0.2, 0.25) is 0 Å². The summed E-state index contributed by atoms with van der Waals surface area (Å²) >= 11 is 9.31. The predicted octanol–water partition coefficient (Wildman–Crippen LogP) is 4.65. The van der Waals surface area contributed by atoms with Crippen molar-refractivity contribution < 1.29 is 32.6 Å². The highest BCUT2D eigenvalue weighted by atomic mass is 35.5. The van der Waals surface area contributed by atoms with E-state index in [0.717, 1.165) is 7.05 Å². The van der Waals surface area contributed by atoms with Crippen molar-refractivity contribution in [2.24, 2.45) is 0 Å². The second kappa shape index (κ2) is 12.5. The maximum atomic E-state index is 13.1. The largest absolute Gasteiger partial charge is 0.755 e. The van der Waals surface area contributed by atoms with Gasteiger partial charge < -0.3 is 19.3 Å². The van der Waals surface area contributed by atoms with E-state index in [4.69, 9.17) is 37.9 Å². The molecule has 0 heterocycles. The van der Waals surface area contributed by atoms with Gasteiger partial charge in [-0.1, -0.05) is 23.2 Å². The molecule has 196 valence electrons. The van der Waals surface area contributed by atoms with Crippen LogP contribution in [0.15, 0.2) is 54.6 Å². The van der Waals surface area contributed by atoms with Crippen LogP contribution in [-0.2, 0) is 16.1 Å². The fourth-order valence-corrected chi connectivity index (χ4v) is 3.71. The number of nitrogens with zero attached hydrogens (tertiary/aromatic N) is 2. The lowest BCUT2D eigenvalue weighted by molar-refractivity contribution is -0.118. The predicted molar refractivity (Wildman–Crippen MR) is 139 cm³/mol. The molecule has 3 rings (SSSR count). The van der Waals surface area contributed by atoms with E-state index in [9.17, 15) is 23.1 Å². The van der Waals surface area contributed by atoms with E-state index in [0.29, 0.717) is 15.6 Å². The Labute approximate surface area is 230 Å². The van der Waals surface area contributed by atoms with Crippen LogP contribution in [0, 0.1) is 18.3 Å². The van der Waals surface area contributed by atoms with Gasteiger partial charge in [-0.25, -0.2) is 9.10 Å². The number of halogens is 2. The highest BCUT2D eigenvalue weighted by molar-refractivity contribution is 7.77. The number of amides is 2. The molecule has 1 N–H and O–H groups in total. The van der Waals surface area contributed by atoms with Crippen molar-refractivity contribution in [1.82, 2.24) is 4.31 Å². The van der Waals surface area contributed by atoms with Gasteiger partial charge in [0.1, 0.15) is 11.5 Å². The van der Waals surface area contributed by atoms with Crippen LogP contribution in [0.3, 0.4) is 0 Å². The quantitative estimate of drug-likeness (QED) is 0.302. The van der Waals surface area contributed by atoms with Crippen molar-refractivity contribution >= 4 is 57.9 Å². The number of hydrogen-bond donors (Lipinski definition) is 1. The van der Waals surface area contributed by atoms with E-state index in [1.54, 1.807) is 6.92 Å². The Hall–Kier alpha value is -3.95. The first-order chi connectivity index (χ1) is 18.0. The summed E-state index contributed by atoms with van der Waals surface area (Å²) in [6.07, 6.45) is -1.10. The molecule has 0 saturated carbocycles. The van der Waals surface area contributed by atoms with E-state index in [-0.39, 0.29) is 38.2 Å². The average molecular weight is 575 g/mol. The van der Waals surface area contributed by atoms with Gasteiger partial charge in [-0.2, -0.15) is 5.26 Å². The number of nitrogens with one attached hydrogen (secondary N) is 1. The van der Waals surface area contributed by atoms with E-state index in [1.165, 1.54) is 54.6 Å². The Bertz CT molecular complexity index is 1490. The van der Waals surface area contributed by atoms with E-state index < -0.39 is 35.7 Å². The first-order valence-electron chi connectivity index (χ1n) is 10.6. The fourth-order valence-electron chi connectivity index (χ4n) is 3.14. The molecule has 0 aliphatic carbocycles. The van der Waals surface area contributed by atoms with Gasteiger partial charge in [-0.05, 0) is 67.1 Å². The van der Waals surface area contributed by atoms with Crippen molar-refractivity contribution in [2.45, 2.75) is 6.92 Å². The lowest BCUT2D eigenvalue weighted by Crippen LogP contribution is -2.31. The zero-order valence-corrected chi connectivity index (χ0v) is 22.1. The van der Waals surface area contributed by atoms with Crippen molar-refractivity contribution in [3.8, 4) is 17.6 Å². The summed E-state index contributed by atoms with van der Waals surface area (Å²) in [5.74, 6) is -0.896. The van der Waals surface area contributed by atoms with Crippen LogP contribution in [0.2, 0.25) is 10.0 Å². The van der Waals surface area contributed by atoms with Crippen LogP contribution in [-0.4, -0.2) is 44.5 Å². The normalized spacial score (nSPS) is 11.2. The summed E-state index contributed by atoms with van der Waals surface area (Å²) in [7, 11) is 1.03.